The predicted molar refractivity (Wildman–Crippen MR) is 79.5 cm³/mol. The highest BCUT2D eigenvalue weighted by Crippen LogP contribution is 2.39. The highest BCUT2D eigenvalue weighted by Gasteiger charge is 2.42. The average molecular weight is 273 g/mol. The molecule has 0 aromatic heterocycles. The van der Waals surface area contributed by atoms with E-state index in [1.54, 1.807) is 0 Å². The fourth-order valence-corrected chi connectivity index (χ4v) is 3.39. The zero-order valence-corrected chi connectivity index (χ0v) is 12.4. The number of fused-ring (bicyclic) bond motifs is 1. The highest BCUT2D eigenvalue weighted by atomic mass is 16.5. The highest BCUT2D eigenvalue weighted by molar-refractivity contribution is 6.00. The SMILES string of the molecule is CCCN1CCC2(CC1)CC(=O)c1cc(C)ccc1O2. The van der Waals surface area contributed by atoms with Crippen molar-refractivity contribution in [1.82, 2.24) is 4.90 Å². The van der Waals surface area contributed by atoms with E-state index in [-0.39, 0.29) is 11.4 Å². The number of Topliss-reactive ketones (excluding diaryl/α,β-unsaturated/α-hetero) is 1. The van der Waals surface area contributed by atoms with Gasteiger partial charge in [0.15, 0.2) is 5.78 Å². The number of hydrogen-bond acceptors (Lipinski definition) is 3. The Kier molecular flexibility index (Phi) is 3.55. The Hall–Kier alpha value is -1.35. The molecule has 1 saturated heterocycles. The van der Waals surface area contributed by atoms with Crippen LogP contribution in [0.5, 0.6) is 5.75 Å². The number of likely N-dealkylation sites (tertiary alicyclic amines) is 1. The van der Waals surface area contributed by atoms with Gasteiger partial charge in [0, 0.05) is 25.9 Å². The number of benzene rings is 1. The van der Waals surface area contributed by atoms with Crippen LogP contribution in [0.2, 0.25) is 0 Å². The maximum atomic E-state index is 12.4. The van der Waals surface area contributed by atoms with E-state index in [9.17, 15) is 4.79 Å². The van der Waals surface area contributed by atoms with E-state index in [4.69, 9.17) is 4.74 Å². The van der Waals surface area contributed by atoms with E-state index < -0.39 is 0 Å². The van der Waals surface area contributed by atoms with Crippen molar-refractivity contribution in [3.05, 3.63) is 29.3 Å². The van der Waals surface area contributed by atoms with Crippen LogP contribution in [0.1, 0.15) is 48.5 Å². The van der Waals surface area contributed by atoms with Crippen LogP contribution in [0.4, 0.5) is 0 Å². The van der Waals surface area contributed by atoms with Gasteiger partial charge in [-0.3, -0.25) is 4.79 Å². The van der Waals surface area contributed by atoms with Gasteiger partial charge in [-0.05, 0) is 32.0 Å². The molecule has 2 aliphatic rings. The summed E-state index contributed by atoms with van der Waals surface area (Å²) in [5.41, 5.74) is 1.64. The Morgan fingerprint density at radius 1 is 1.30 bits per heavy atom. The molecule has 3 rings (SSSR count). The summed E-state index contributed by atoms with van der Waals surface area (Å²) >= 11 is 0. The zero-order chi connectivity index (χ0) is 14.2. The van der Waals surface area contributed by atoms with Crippen LogP contribution in [0.3, 0.4) is 0 Å². The van der Waals surface area contributed by atoms with Crippen molar-refractivity contribution in [1.29, 1.82) is 0 Å². The summed E-state index contributed by atoms with van der Waals surface area (Å²) in [5.74, 6) is 1.04. The van der Waals surface area contributed by atoms with E-state index in [1.807, 2.05) is 25.1 Å². The van der Waals surface area contributed by atoms with Gasteiger partial charge in [-0.1, -0.05) is 18.6 Å². The third-order valence-corrected chi connectivity index (χ3v) is 4.55. The molecule has 0 bridgehead atoms. The van der Waals surface area contributed by atoms with Gasteiger partial charge in [0.05, 0.1) is 12.0 Å². The molecule has 2 aliphatic heterocycles. The first kappa shape index (κ1) is 13.6. The second-order valence-electron chi connectivity index (χ2n) is 6.23. The molecular weight excluding hydrogens is 250 g/mol. The molecule has 20 heavy (non-hydrogen) atoms. The van der Waals surface area contributed by atoms with Crippen LogP contribution in [0.15, 0.2) is 18.2 Å². The van der Waals surface area contributed by atoms with Crippen molar-refractivity contribution in [3.63, 3.8) is 0 Å². The predicted octanol–water partition coefficient (Wildman–Crippen LogP) is 3.20. The minimum atomic E-state index is -0.246. The lowest BCUT2D eigenvalue weighted by molar-refractivity contribution is -0.00888. The molecule has 1 aromatic rings. The number of rotatable bonds is 2. The van der Waals surface area contributed by atoms with Gasteiger partial charge >= 0.3 is 0 Å². The van der Waals surface area contributed by atoms with E-state index >= 15 is 0 Å². The van der Waals surface area contributed by atoms with Crippen LogP contribution in [-0.4, -0.2) is 35.9 Å². The molecule has 108 valence electrons. The number of piperidine rings is 1. The Bertz CT molecular complexity index is 516. The minimum Gasteiger partial charge on any atom is -0.486 e. The van der Waals surface area contributed by atoms with Gasteiger partial charge in [-0.25, -0.2) is 0 Å². The Labute approximate surface area is 120 Å². The quantitative estimate of drug-likeness (QED) is 0.828. The van der Waals surface area contributed by atoms with Crippen molar-refractivity contribution in [2.75, 3.05) is 19.6 Å². The smallest absolute Gasteiger partial charge is 0.170 e. The Balaban J connectivity index is 1.78. The topological polar surface area (TPSA) is 29.5 Å². The van der Waals surface area contributed by atoms with Crippen LogP contribution in [-0.2, 0) is 0 Å². The second-order valence-corrected chi connectivity index (χ2v) is 6.23. The summed E-state index contributed by atoms with van der Waals surface area (Å²) in [4.78, 5) is 14.9. The minimum absolute atomic E-state index is 0.246. The first-order valence-electron chi connectivity index (χ1n) is 7.67. The summed E-state index contributed by atoms with van der Waals surface area (Å²) in [5, 5.41) is 0. The van der Waals surface area contributed by atoms with Crippen molar-refractivity contribution in [2.45, 2.75) is 45.1 Å². The van der Waals surface area contributed by atoms with Gasteiger partial charge < -0.3 is 9.64 Å². The molecule has 0 amide bonds. The average Bonchev–Trinajstić information content (AvgIpc) is 2.43. The lowest BCUT2D eigenvalue weighted by Crippen LogP contribution is -2.51. The van der Waals surface area contributed by atoms with Gasteiger partial charge in [-0.15, -0.1) is 0 Å². The van der Waals surface area contributed by atoms with Crippen molar-refractivity contribution in [2.24, 2.45) is 0 Å². The molecule has 0 aliphatic carbocycles. The van der Waals surface area contributed by atoms with Crippen molar-refractivity contribution < 1.29 is 9.53 Å². The maximum absolute atomic E-state index is 12.4. The molecule has 3 nitrogen and oxygen atoms in total. The van der Waals surface area contributed by atoms with E-state index in [2.05, 4.69) is 11.8 Å². The third-order valence-electron chi connectivity index (χ3n) is 4.55. The van der Waals surface area contributed by atoms with Gasteiger partial charge in [-0.2, -0.15) is 0 Å². The van der Waals surface area contributed by atoms with Crippen LogP contribution in [0, 0.1) is 6.92 Å². The molecule has 1 aromatic carbocycles. The molecular formula is C17H23NO2. The standard InChI is InChI=1S/C17H23NO2/c1-3-8-18-9-6-17(7-10-18)12-15(19)14-11-13(2)4-5-16(14)20-17/h4-5,11H,3,6-10,12H2,1-2H3. The zero-order valence-electron chi connectivity index (χ0n) is 12.4. The molecule has 0 N–H and O–H groups in total. The maximum Gasteiger partial charge on any atom is 0.170 e. The summed E-state index contributed by atoms with van der Waals surface area (Å²) in [6, 6.07) is 5.94. The van der Waals surface area contributed by atoms with E-state index in [0.717, 1.165) is 49.4 Å². The molecule has 0 saturated carbocycles. The van der Waals surface area contributed by atoms with Gasteiger partial charge in [0.2, 0.25) is 0 Å². The molecule has 0 radical (unpaired) electrons. The van der Waals surface area contributed by atoms with Gasteiger partial charge in [0.25, 0.3) is 0 Å². The number of aryl methyl sites for hydroxylation is 1. The number of carbonyl (C=O) groups excluding carboxylic acids is 1. The summed E-state index contributed by atoms with van der Waals surface area (Å²) in [6.07, 6.45) is 3.66. The van der Waals surface area contributed by atoms with Crippen molar-refractivity contribution >= 4 is 5.78 Å². The van der Waals surface area contributed by atoms with Crippen LogP contribution < -0.4 is 4.74 Å². The molecule has 0 unspecified atom stereocenters. The monoisotopic (exact) mass is 273 g/mol. The third kappa shape index (κ3) is 2.47. The molecule has 3 heteroatoms. The number of ketones is 1. The summed E-state index contributed by atoms with van der Waals surface area (Å²) < 4.78 is 6.26. The normalized spacial score (nSPS) is 21.6. The van der Waals surface area contributed by atoms with Gasteiger partial charge in [0.1, 0.15) is 11.4 Å². The summed E-state index contributed by atoms with van der Waals surface area (Å²) in [6.45, 7) is 7.47. The molecule has 0 atom stereocenters. The lowest BCUT2D eigenvalue weighted by Gasteiger charge is -2.44. The van der Waals surface area contributed by atoms with Crippen molar-refractivity contribution in [3.8, 4) is 5.75 Å². The number of carbonyl (C=O) groups is 1. The number of hydrogen-bond donors (Lipinski definition) is 0. The molecule has 2 heterocycles. The Morgan fingerprint density at radius 2 is 2.05 bits per heavy atom. The largest absolute Gasteiger partial charge is 0.486 e. The van der Waals surface area contributed by atoms with Crippen LogP contribution >= 0.6 is 0 Å². The second kappa shape index (κ2) is 5.21. The first-order chi connectivity index (χ1) is 9.62. The molecule has 1 fully saturated rings. The first-order valence-corrected chi connectivity index (χ1v) is 7.67. The number of nitrogens with zero attached hydrogens (tertiary/aromatic N) is 1. The summed E-state index contributed by atoms with van der Waals surface area (Å²) in [7, 11) is 0. The number of ether oxygens (including phenoxy) is 1. The van der Waals surface area contributed by atoms with E-state index in [1.165, 1.54) is 6.42 Å². The van der Waals surface area contributed by atoms with E-state index in [0.29, 0.717) is 6.42 Å². The Morgan fingerprint density at radius 3 is 2.75 bits per heavy atom. The fraction of sp³-hybridized carbons (Fsp3) is 0.588. The lowest BCUT2D eigenvalue weighted by atomic mass is 9.82. The van der Waals surface area contributed by atoms with Crippen LogP contribution in [0.25, 0.3) is 0 Å². The molecule has 1 spiro atoms. The fourth-order valence-electron chi connectivity index (χ4n) is 3.39.